The van der Waals surface area contributed by atoms with Crippen molar-refractivity contribution in [3.63, 3.8) is 0 Å². The first kappa shape index (κ1) is 16.8. The molecule has 3 heterocycles. The van der Waals surface area contributed by atoms with Crippen molar-refractivity contribution in [1.29, 1.82) is 0 Å². The van der Waals surface area contributed by atoms with Crippen molar-refractivity contribution in [3.8, 4) is 0 Å². The minimum atomic E-state index is -0.0504. The third-order valence-corrected chi connectivity index (χ3v) is 7.12. The van der Waals surface area contributed by atoms with E-state index in [-0.39, 0.29) is 5.41 Å². The molecule has 1 atom stereocenters. The first-order chi connectivity index (χ1) is 11.8. The number of hydrogen-bond donors (Lipinski definition) is 0. The minimum absolute atomic E-state index is 0.0504. The maximum absolute atomic E-state index is 13.3. The average molecular weight is 335 g/mol. The van der Waals surface area contributed by atoms with Crippen molar-refractivity contribution in [2.24, 2.45) is 11.3 Å². The lowest BCUT2D eigenvalue weighted by molar-refractivity contribution is -0.146. The molecule has 24 heavy (non-hydrogen) atoms. The summed E-state index contributed by atoms with van der Waals surface area (Å²) in [5.41, 5.74) is -0.0504. The minimum Gasteiger partial charge on any atom is -0.381 e. The third kappa shape index (κ3) is 3.37. The number of ether oxygens (including phenoxy) is 1. The van der Waals surface area contributed by atoms with E-state index in [0.29, 0.717) is 11.9 Å². The van der Waals surface area contributed by atoms with Gasteiger partial charge in [0.25, 0.3) is 0 Å². The molecule has 3 saturated heterocycles. The van der Waals surface area contributed by atoms with Gasteiger partial charge in [-0.2, -0.15) is 0 Å². The maximum atomic E-state index is 13.3. The van der Waals surface area contributed by atoms with Crippen molar-refractivity contribution < 1.29 is 9.53 Å². The van der Waals surface area contributed by atoms with Gasteiger partial charge in [-0.1, -0.05) is 19.3 Å². The van der Waals surface area contributed by atoms with Crippen LogP contribution in [0.3, 0.4) is 0 Å². The van der Waals surface area contributed by atoms with Gasteiger partial charge in [-0.05, 0) is 57.4 Å². The van der Waals surface area contributed by atoms with E-state index in [0.717, 1.165) is 71.0 Å². The number of piperidine rings is 1. The molecule has 1 amide bonds. The van der Waals surface area contributed by atoms with Crippen LogP contribution in [-0.4, -0.2) is 61.1 Å². The summed E-state index contributed by atoms with van der Waals surface area (Å²) in [6, 6.07) is 0.652. The van der Waals surface area contributed by atoms with E-state index in [1.165, 1.54) is 38.5 Å². The van der Waals surface area contributed by atoms with E-state index in [4.69, 9.17) is 4.74 Å². The zero-order valence-corrected chi connectivity index (χ0v) is 15.2. The van der Waals surface area contributed by atoms with Gasteiger partial charge in [-0.3, -0.25) is 9.69 Å². The molecule has 0 N–H and O–H groups in total. The summed E-state index contributed by atoms with van der Waals surface area (Å²) >= 11 is 0. The van der Waals surface area contributed by atoms with Crippen molar-refractivity contribution in [2.75, 3.05) is 39.4 Å². The zero-order chi connectivity index (χ0) is 16.4. The van der Waals surface area contributed by atoms with Gasteiger partial charge in [-0.15, -0.1) is 0 Å². The van der Waals surface area contributed by atoms with Crippen LogP contribution in [0.2, 0.25) is 0 Å². The Labute approximate surface area is 146 Å². The molecule has 1 saturated carbocycles. The highest BCUT2D eigenvalue weighted by atomic mass is 16.5. The predicted molar refractivity (Wildman–Crippen MR) is 94.9 cm³/mol. The summed E-state index contributed by atoms with van der Waals surface area (Å²) in [4.78, 5) is 18.2. The molecule has 0 aromatic rings. The average Bonchev–Trinajstić information content (AvgIpc) is 3.06. The van der Waals surface area contributed by atoms with Crippen LogP contribution in [0.4, 0.5) is 0 Å². The van der Waals surface area contributed by atoms with E-state index >= 15 is 0 Å². The summed E-state index contributed by atoms with van der Waals surface area (Å²) in [5, 5.41) is 0. The van der Waals surface area contributed by atoms with Gasteiger partial charge in [0, 0.05) is 38.9 Å². The fourth-order valence-corrected chi connectivity index (χ4v) is 5.65. The molecular formula is C20H34N2O2. The molecule has 1 spiro atoms. The second kappa shape index (κ2) is 7.33. The number of carbonyl (C=O) groups is 1. The molecule has 4 nitrogen and oxygen atoms in total. The quantitative estimate of drug-likeness (QED) is 0.795. The highest BCUT2D eigenvalue weighted by Crippen LogP contribution is 2.42. The van der Waals surface area contributed by atoms with Crippen LogP contribution in [0.1, 0.15) is 64.2 Å². The van der Waals surface area contributed by atoms with Gasteiger partial charge in [0.05, 0.1) is 5.41 Å². The van der Waals surface area contributed by atoms with Crippen LogP contribution >= 0.6 is 0 Å². The Bertz CT molecular complexity index is 443. The highest BCUT2D eigenvalue weighted by molar-refractivity contribution is 5.84. The summed E-state index contributed by atoms with van der Waals surface area (Å²) in [5.74, 6) is 1.26. The standard InChI is InChI=1S/C20H34N2O2/c23-19-20(10-12-22(16-20)18-7-13-24-14-8-18)9-4-11-21(19)15-17-5-2-1-3-6-17/h17-18H,1-16H2. The molecule has 0 bridgehead atoms. The third-order valence-electron chi connectivity index (χ3n) is 7.12. The molecule has 1 aliphatic carbocycles. The molecule has 4 aliphatic rings. The van der Waals surface area contributed by atoms with E-state index in [2.05, 4.69) is 9.80 Å². The van der Waals surface area contributed by atoms with Crippen LogP contribution in [0.5, 0.6) is 0 Å². The molecule has 0 aromatic heterocycles. The van der Waals surface area contributed by atoms with Gasteiger partial charge in [0.2, 0.25) is 5.91 Å². The van der Waals surface area contributed by atoms with E-state index in [9.17, 15) is 4.79 Å². The molecular weight excluding hydrogens is 300 g/mol. The second-order valence-electron chi connectivity index (χ2n) is 8.70. The molecule has 0 aromatic carbocycles. The highest BCUT2D eigenvalue weighted by Gasteiger charge is 2.49. The van der Waals surface area contributed by atoms with Crippen LogP contribution in [0.25, 0.3) is 0 Å². The Kier molecular flexibility index (Phi) is 5.14. The molecule has 1 unspecified atom stereocenters. The van der Waals surface area contributed by atoms with Gasteiger partial charge >= 0.3 is 0 Å². The monoisotopic (exact) mass is 334 g/mol. The Hall–Kier alpha value is -0.610. The Morgan fingerprint density at radius 1 is 0.958 bits per heavy atom. The van der Waals surface area contributed by atoms with Crippen molar-refractivity contribution in [1.82, 2.24) is 9.80 Å². The SMILES string of the molecule is O=C1N(CC2CCCCC2)CCCC12CCN(C1CCOCC1)C2. The molecule has 4 fully saturated rings. The Morgan fingerprint density at radius 3 is 2.54 bits per heavy atom. The normalized spacial score (nSPS) is 34.3. The summed E-state index contributed by atoms with van der Waals surface area (Å²) in [7, 11) is 0. The first-order valence-corrected chi connectivity index (χ1v) is 10.4. The molecule has 4 rings (SSSR count). The van der Waals surface area contributed by atoms with Crippen LogP contribution in [0, 0.1) is 11.3 Å². The van der Waals surface area contributed by atoms with Crippen LogP contribution < -0.4 is 0 Å². The maximum Gasteiger partial charge on any atom is 0.230 e. The summed E-state index contributed by atoms with van der Waals surface area (Å²) in [6.07, 6.45) is 12.5. The number of nitrogens with zero attached hydrogens (tertiary/aromatic N) is 2. The number of hydrogen-bond acceptors (Lipinski definition) is 3. The van der Waals surface area contributed by atoms with Gasteiger partial charge < -0.3 is 9.64 Å². The van der Waals surface area contributed by atoms with Gasteiger partial charge in [0.15, 0.2) is 0 Å². The van der Waals surface area contributed by atoms with Gasteiger partial charge in [0.1, 0.15) is 0 Å². The van der Waals surface area contributed by atoms with Crippen LogP contribution in [0.15, 0.2) is 0 Å². The lowest BCUT2D eigenvalue weighted by atomic mass is 9.77. The number of likely N-dealkylation sites (tertiary alicyclic amines) is 2. The number of rotatable bonds is 3. The van der Waals surface area contributed by atoms with Crippen LogP contribution in [-0.2, 0) is 9.53 Å². The number of amides is 1. The van der Waals surface area contributed by atoms with Crippen molar-refractivity contribution in [3.05, 3.63) is 0 Å². The van der Waals surface area contributed by atoms with Gasteiger partial charge in [-0.25, -0.2) is 0 Å². The number of carbonyl (C=O) groups excluding carboxylic acids is 1. The van der Waals surface area contributed by atoms with E-state index in [1.807, 2.05) is 0 Å². The Morgan fingerprint density at radius 2 is 1.75 bits per heavy atom. The lowest BCUT2D eigenvalue weighted by Crippen LogP contribution is -2.52. The fraction of sp³-hybridized carbons (Fsp3) is 0.950. The Balaban J connectivity index is 1.38. The van der Waals surface area contributed by atoms with Crippen molar-refractivity contribution in [2.45, 2.75) is 70.3 Å². The second-order valence-corrected chi connectivity index (χ2v) is 8.70. The summed E-state index contributed by atoms with van der Waals surface area (Å²) < 4.78 is 5.52. The predicted octanol–water partition coefficient (Wildman–Crippen LogP) is 3.06. The molecule has 3 aliphatic heterocycles. The molecule has 0 radical (unpaired) electrons. The molecule has 136 valence electrons. The lowest BCUT2D eigenvalue weighted by Gasteiger charge is -2.42. The zero-order valence-electron chi connectivity index (χ0n) is 15.2. The smallest absolute Gasteiger partial charge is 0.230 e. The topological polar surface area (TPSA) is 32.8 Å². The van der Waals surface area contributed by atoms with E-state index in [1.54, 1.807) is 0 Å². The molecule has 4 heteroatoms. The first-order valence-electron chi connectivity index (χ1n) is 10.4. The van der Waals surface area contributed by atoms with E-state index < -0.39 is 0 Å². The van der Waals surface area contributed by atoms with Crippen molar-refractivity contribution >= 4 is 5.91 Å². The summed E-state index contributed by atoms with van der Waals surface area (Å²) in [6.45, 7) is 5.98. The largest absolute Gasteiger partial charge is 0.381 e. The fourth-order valence-electron chi connectivity index (χ4n) is 5.65.